The number of rotatable bonds is 59. The molecule has 8 nitrogen and oxygen atoms in total. The Morgan fingerprint density at radius 1 is 0.466 bits per heavy atom. The number of phosphoric ester groups is 1. The summed E-state index contributed by atoms with van der Waals surface area (Å²) in [6.07, 6.45) is 72.5. The molecule has 3 atom stereocenters. The fourth-order valence-corrected chi connectivity index (χ4v) is 10.3. The highest BCUT2D eigenvalue weighted by Gasteiger charge is 2.23. The van der Waals surface area contributed by atoms with Gasteiger partial charge in [0.15, 0.2) is 0 Å². The van der Waals surface area contributed by atoms with Gasteiger partial charge in [0.05, 0.1) is 39.9 Å². The minimum Gasteiger partial charge on any atom is -0.756 e. The van der Waals surface area contributed by atoms with Crippen LogP contribution in [0.15, 0.2) is 36.5 Å². The molecule has 0 rings (SSSR count). The van der Waals surface area contributed by atoms with Crippen molar-refractivity contribution in [3.05, 3.63) is 36.5 Å². The van der Waals surface area contributed by atoms with E-state index < -0.39 is 26.6 Å². The van der Waals surface area contributed by atoms with Gasteiger partial charge in [-0.25, -0.2) is 0 Å². The van der Waals surface area contributed by atoms with Gasteiger partial charge in [-0.15, -0.1) is 0 Å². The van der Waals surface area contributed by atoms with E-state index in [4.69, 9.17) is 9.05 Å². The summed E-state index contributed by atoms with van der Waals surface area (Å²) in [6.45, 7) is 4.67. The van der Waals surface area contributed by atoms with E-state index in [-0.39, 0.29) is 12.5 Å². The molecular formula is C64H125N2O6P. The third-order valence-corrected chi connectivity index (χ3v) is 15.5. The molecular weight excluding hydrogens is 924 g/mol. The monoisotopic (exact) mass is 1050 g/mol. The quantitative estimate of drug-likeness (QED) is 0.0272. The number of carbonyl (C=O) groups excluding carboxylic acids is 1. The Hall–Kier alpha value is -1.28. The Balaban J connectivity index is 4.16. The van der Waals surface area contributed by atoms with Crippen LogP contribution < -0.4 is 10.2 Å². The molecule has 9 heteroatoms. The van der Waals surface area contributed by atoms with Crippen LogP contribution in [0.3, 0.4) is 0 Å². The first-order valence-corrected chi connectivity index (χ1v) is 33.3. The molecule has 0 spiro atoms. The van der Waals surface area contributed by atoms with Gasteiger partial charge in [0, 0.05) is 6.42 Å². The molecule has 73 heavy (non-hydrogen) atoms. The normalized spacial score (nSPS) is 14.0. The molecule has 0 aliphatic rings. The standard InChI is InChI=1S/C64H125N2O6P/c1-6-8-10-12-14-16-18-20-22-24-26-28-30-31-32-33-34-36-38-40-42-44-46-48-50-52-54-56-58-64(68)65-62(61-72-73(69,70)71-60-59-66(3,4)5)63(67)57-55-53-51-49-47-45-43-41-39-37-35-29-27-25-23-21-19-17-15-13-11-9-7-2/h39,41,47,49,55,57,62-63,67H,6-38,40,42-46,48,50-54,56,58-61H2,1-5H3,(H-,65,68,69,70)/b41-39+,49-47+,57-55+. The third-order valence-electron chi connectivity index (χ3n) is 14.6. The third kappa shape index (κ3) is 58.2. The van der Waals surface area contributed by atoms with Crippen LogP contribution >= 0.6 is 7.82 Å². The van der Waals surface area contributed by atoms with E-state index >= 15 is 0 Å². The number of likely N-dealkylation sites (N-methyl/N-ethyl adjacent to an activating group) is 1. The van der Waals surface area contributed by atoms with Crippen molar-refractivity contribution < 1.29 is 32.9 Å². The smallest absolute Gasteiger partial charge is 0.268 e. The minimum absolute atomic E-state index is 0.00722. The van der Waals surface area contributed by atoms with Gasteiger partial charge in [-0.2, -0.15) is 0 Å². The van der Waals surface area contributed by atoms with Crippen LogP contribution in [-0.4, -0.2) is 68.5 Å². The number of phosphoric acid groups is 1. The molecule has 0 radical (unpaired) electrons. The number of quaternary nitrogens is 1. The molecule has 0 fully saturated rings. The summed E-state index contributed by atoms with van der Waals surface area (Å²) >= 11 is 0. The van der Waals surface area contributed by atoms with Crippen LogP contribution in [0.5, 0.6) is 0 Å². The van der Waals surface area contributed by atoms with Crippen LogP contribution in [0.4, 0.5) is 0 Å². The minimum atomic E-state index is -4.61. The van der Waals surface area contributed by atoms with Crippen LogP contribution in [-0.2, 0) is 18.4 Å². The van der Waals surface area contributed by atoms with Gasteiger partial charge in [0.1, 0.15) is 13.2 Å². The number of carbonyl (C=O) groups is 1. The lowest BCUT2D eigenvalue weighted by Gasteiger charge is -2.29. The summed E-state index contributed by atoms with van der Waals surface area (Å²) in [4.78, 5) is 25.5. The fraction of sp³-hybridized carbons (Fsp3) is 0.891. The van der Waals surface area contributed by atoms with Crippen molar-refractivity contribution >= 4 is 13.7 Å². The zero-order chi connectivity index (χ0) is 53.5. The predicted octanol–water partition coefficient (Wildman–Crippen LogP) is 19.1. The molecule has 0 bridgehead atoms. The van der Waals surface area contributed by atoms with E-state index in [1.54, 1.807) is 6.08 Å². The lowest BCUT2D eigenvalue weighted by molar-refractivity contribution is -0.870. The number of unbranched alkanes of at least 4 members (excludes halogenated alkanes) is 42. The van der Waals surface area contributed by atoms with Crippen molar-refractivity contribution in [2.45, 2.75) is 328 Å². The first-order chi connectivity index (χ1) is 35.5. The van der Waals surface area contributed by atoms with Crippen molar-refractivity contribution in [1.82, 2.24) is 5.32 Å². The number of amides is 1. The number of nitrogens with zero attached hydrogens (tertiary/aromatic N) is 1. The maximum atomic E-state index is 13.0. The number of hydrogen-bond donors (Lipinski definition) is 2. The van der Waals surface area contributed by atoms with E-state index in [1.807, 2.05) is 27.2 Å². The molecule has 432 valence electrons. The highest BCUT2D eigenvalue weighted by molar-refractivity contribution is 7.45. The number of allylic oxidation sites excluding steroid dienone is 5. The van der Waals surface area contributed by atoms with E-state index in [0.29, 0.717) is 17.4 Å². The molecule has 0 aliphatic heterocycles. The van der Waals surface area contributed by atoms with Crippen molar-refractivity contribution in [1.29, 1.82) is 0 Å². The number of hydrogen-bond acceptors (Lipinski definition) is 6. The highest BCUT2D eigenvalue weighted by atomic mass is 31.2. The van der Waals surface area contributed by atoms with Crippen LogP contribution in [0.25, 0.3) is 0 Å². The molecule has 0 aromatic heterocycles. The average molecular weight is 1050 g/mol. The second-order valence-corrected chi connectivity index (χ2v) is 24.5. The van der Waals surface area contributed by atoms with Gasteiger partial charge in [-0.3, -0.25) is 9.36 Å². The Morgan fingerprint density at radius 2 is 0.767 bits per heavy atom. The second kappa shape index (κ2) is 55.5. The van der Waals surface area contributed by atoms with Crippen molar-refractivity contribution in [2.75, 3.05) is 40.9 Å². The predicted molar refractivity (Wildman–Crippen MR) is 316 cm³/mol. The summed E-state index contributed by atoms with van der Waals surface area (Å²) in [5, 5.41) is 13.9. The maximum absolute atomic E-state index is 13.0. The highest BCUT2D eigenvalue weighted by Crippen LogP contribution is 2.38. The first kappa shape index (κ1) is 71.7. The summed E-state index contributed by atoms with van der Waals surface area (Å²) < 4.78 is 23.4. The van der Waals surface area contributed by atoms with Gasteiger partial charge in [0.25, 0.3) is 7.82 Å². The van der Waals surface area contributed by atoms with Crippen LogP contribution in [0, 0.1) is 0 Å². The summed E-state index contributed by atoms with van der Waals surface area (Å²) in [5.41, 5.74) is 0. The lowest BCUT2D eigenvalue weighted by Crippen LogP contribution is -2.45. The molecule has 0 heterocycles. The molecule has 1 amide bonds. The van der Waals surface area contributed by atoms with Gasteiger partial charge < -0.3 is 28.8 Å². The largest absolute Gasteiger partial charge is 0.756 e. The van der Waals surface area contributed by atoms with E-state index in [1.165, 1.54) is 250 Å². The molecule has 0 aromatic rings. The van der Waals surface area contributed by atoms with Crippen LogP contribution in [0.1, 0.15) is 316 Å². The van der Waals surface area contributed by atoms with Crippen molar-refractivity contribution in [3.8, 4) is 0 Å². The average Bonchev–Trinajstić information content (AvgIpc) is 3.35. The Labute approximate surface area is 455 Å². The fourth-order valence-electron chi connectivity index (χ4n) is 9.60. The lowest BCUT2D eigenvalue weighted by atomic mass is 10.0. The number of nitrogens with one attached hydrogen (secondary N) is 1. The van der Waals surface area contributed by atoms with Gasteiger partial charge in [0.2, 0.25) is 5.91 Å². The molecule has 0 saturated heterocycles. The van der Waals surface area contributed by atoms with Gasteiger partial charge >= 0.3 is 0 Å². The molecule has 3 unspecified atom stereocenters. The van der Waals surface area contributed by atoms with Crippen LogP contribution in [0.2, 0.25) is 0 Å². The van der Waals surface area contributed by atoms with Gasteiger partial charge in [-0.05, 0) is 44.9 Å². The first-order valence-electron chi connectivity index (χ1n) is 31.9. The molecule has 0 aromatic carbocycles. The van der Waals surface area contributed by atoms with Crippen molar-refractivity contribution in [2.24, 2.45) is 0 Å². The topological polar surface area (TPSA) is 108 Å². The van der Waals surface area contributed by atoms with Crippen molar-refractivity contribution in [3.63, 3.8) is 0 Å². The SMILES string of the molecule is CCCCCCCCCCCCCCC/C=C/CC/C=C/CC/C=C/C(O)C(COP(=O)([O-])OCC[N+](C)(C)C)NC(=O)CCCCCCCCCCCCCCCCCCCCCCCCCCCCCC. The number of aliphatic hydroxyl groups is 1. The Morgan fingerprint density at radius 3 is 1.11 bits per heavy atom. The second-order valence-electron chi connectivity index (χ2n) is 23.1. The Bertz CT molecular complexity index is 1280. The summed E-state index contributed by atoms with van der Waals surface area (Å²) in [7, 11) is 1.25. The maximum Gasteiger partial charge on any atom is 0.268 e. The molecule has 0 saturated carbocycles. The molecule has 2 N–H and O–H groups in total. The number of aliphatic hydroxyl groups excluding tert-OH is 1. The summed E-state index contributed by atoms with van der Waals surface area (Å²) in [6, 6.07) is -0.908. The zero-order valence-electron chi connectivity index (χ0n) is 49.4. The van der Waals surface area contributed by atoms with Gasteiger partial charge in [-0.1, -0.05) is 301 Å². The summed E-state index contributed by atoms with van der Waals surface area (Å²) in [5.74, 6) is -0.205. The molecule has 0 aliphatic carbocycles. The van der Waals surface area contributed by atoms with E-state index in [0.717, 1.165) is 44.9 Å². The van der Waals surface area contributed by atoms with E-state index in [2.05, 4.69) is 43.5 Å². The Kier molecular flexibility index (Phi) is 54.5. The zero-order valence-corrected chi connectivity index (χ0v) is 50.3. The van der Waals surface area contributed by atoms with E-state index in [9.17, 15) is 19.4 Å².